The van der Waals surface area contributed by atoms with E-state index in [9.17, 15) is 4.79 Å². The summed E-state index contributed by atoms with van der Waals surface area (Å²) in [7, 11) is 0. The molecule has 23 heavy (non-hydrogen) atoms. The first-order chi connectivity index (χ1) is 11.1. The third kappa shape index (κ3) is 1.56. The molecule has 1 aromatic carbocycles. The lowest BCUT2D eigenvalue weighted by atomic mass is 9.75. The number of fused-ring (bicyclic) bond motifs is 3. The molecule has 5 rings (SSSR count). The van der Waals surface area contributed by atoms with Gasteiger partial charge in [-0.15, -0.1) is 0 Å². The summed E-state index contributed by atoms with van der Waals surface area (Å²) in [5, 5.41) is 0. The minimum atomic E-state index is -0.812. The van der Waals surface area contributed by atoms with Gasteiger partial charge < -0.3 is 18.9 Å². The summed E-state index contributed by atoms with van der Waals surface area (Å²) < 4.78 is 22.1. The van der Waals surface area contributed by atoms with Gasteiger partial charge in [0.2, 0.25) is 12.6 Å². The number of allylic oxidation sites excluding steroid dienone is 3. The quantitative estimate of drug-likeness (QED) is 0.543. The van der Waals surface area contributed by atoms with Crippen molar-refractivity contribution in [1.29, 1.82) is 0 Å². The van der Waals surface area contributed by atoms with E-state index in [1.54, 1.807) is 6.07 Å². The number of benzene rings is 1. The molecule has 1 fully saturated rings. The van der Waals surface area contributed by atoms with E-state index in [4.69, 9.17) is 18.9 Å². The second kappa shape index (κ2) is 4.13. The summed E-state index contributed by atoms with van der Waals surface area (Å²) in [6.45, 7) is 5.31. The van der Waals surface area contributed by atoms with Crippen LogP contribution < -0.4 is 9.47 Å². The van der Waals surface area contributed by atoms with Gasteiger partial charge in [-0.05, 0) is 29.8 Å². The van der Waals surface area contributed by atoms with Gasteiger partial charge in [-0.2, -0.15) is 0 Å². The largest absolute Gasteiger partial charge is 0.454 e. The molecule has 0 atom stereocenters. The molecule has 0 radical (unpaired) electrons. The van der Waals surface area contributed by atoms with Crippen LogP contribution in [-0.4, -0.2) is 31.6 Å². The predicted octanol–water partition coefficient (Wildman–Crippen LogP) is 2.27. The fraction of sp³-hybridized carbons (Fsp3) is 0.278. The molecule has 2 spiro atoms. The Kier molecular flexibility index (Phi) is 2.35. The number of hydrogen-bond acceptors (Lipinski definition) is 5. The maximum Gasteiger partial charge on any atom is 0.231 e. The first-order valence-corrected chi connectivity index (χ1v) is 7.50. The van der Waals surface area contributed by atoms with E-state index < -0.39 is 11.2 Å². The molecular weight excluding hydrogens is 296 g/mol. The highest BCUT2D eigenvalue weighted by molar-refractivity contribution is 6.16. The van der Waals surface area contributed by atoms with Crippen molar-refractivity contribution in [1.82, 2.24) is 0 Å². The molecule has 1 aromatic rings. The minimum absolute atomic E-state index is 0.0724. The van der Waals surface area contributed by atoms with Crippen LogP contribution in [-0.2, 0) is 14.9 Å². The van der Waals surface area contributed by atoms with Crippen molar-refractivity contribution in [2.24, 2.45) is 0 Å². The summed E-state index contributed by atoms with van der Waals surface area (Å²) in [5.41, 5.74) is 1.31. The van der Waals surface area contributed by atoms with Gasteiger partial charge in [-0.1, -0.05) is 18.7 Å². The van der Waals surface area contributed by atoms with E-state index in [2.05, 4.69) is 6.58 Å². The molecule has 5 nitrogen and oxygen atoms in total. The maximum absolute atomic E-state index is 12.7. The number of rotatable bonds is 0. The molecule has 1 saturated heterocycles. The van der Waals surface area contributed by atoms with Crippen molar-refractivity contribution >= 4 is 5.78 Å². The van der Waals surface area contributed by atoms with Crippen LogP contribution in [0.3, 0.4) is 0 Å². The van der Waals surface area contributed by atoms with Gasteiger partial charge in [0.15, 0.2) is 17.3 Å². The van der Waals surface area contributed by atoms with Gasteiger partial charge in [0.05, 0.1) is 18.6 Å². The van der Waals surface area contributed by atoms with Crippen LogP contribution in [0.1, 0.15) is 15.9 Å². The van der Waals surface area contributed by atoms with Crippen LogP contribution in [0.5, 0.6) is 11.5 Å². The molecule has 2 aliphatic heterocycles. The van der Waals surface area contributed by atoms with E-state index in [0.717, 1.165) is 5.56 Å². The van der Waals surface area contributed by atoms with E-state index >= 15 is 0 Å². The van der Waals surface area contributed by atoms with Gasteiger partial charge in [-0.25, -0.2) is 0 Å². The van der Waals surface area contributed by atoms with E-state index in [1.807, 2.05) is 30.4 Å². The lowest BCUT2D eigenvalue weighted by Gasteiger charge is -2.31. The Morgan fingerprint density at radius 3 is 2.30 bits per heavy atom. The predicted molar refractivity (Wildman–Crippen MR) is 80.6 cm³/mol. The van der Waals surface area contributed by atoms with Crippen molar-refractivity contribution in [2.75, 3.05) is 20.0 Å². The summed E-state index contributed by atoms with van der Waals surface area (Å²) in [4.78, 5) is 12.7. The number of carbonyl (C=O) groups is 1. The topological polar surface area (TPSA) is 54.0 Å². The Labute approximate surface area is 132 Å². The van der Waals surface area contributed by atoms with Crippen molar-refractivity contribution in [3.8, 4) is 11.5 Å². The lowest BCUT2D eigenvalue weighted by molar-refractivity contribution is -0.0760. The molecule has 0 saturated carbocycles. The first kappa shape index (κ1) is 13.1. The van der Waals surface area contributed by atoms with Gasteiger partial charge in [-0.3, -0.25) is 4.79 Å². The number of carbonyl (C=O) groups excluding carboxylic acids is 1. The fourth-order valence-electron chi connectivity index (χ4n) is 3.61. The highest BCUT2D eigenvalue weighted by atomic mass is 16.7. The van der Waals surface area contributed by atoms with E-state index in [1.165, 1.54) is 0 Å². The number of hydrogen-bond donors (Lipinski definition) is 0. The Morgan fingerprint density at radius 1 is 0.957 bits per heavy atom. The fourth-order valence-corrected chi connectivity index (χ4v) is 3.61. The molecular formula is C18H14O5. The van der Waals surface area contributed by atoms with Crippen molar-refractivity contribution in [2.45, 2.75) is 11.2 Å². The van der Waals surface area contributed by atoms with E-state index in [-0.39, 0.29) is 12.6 Å². The SMILES string of the molecule is C=C1C(=O)c2cc3c(cc2C12C=CC1(C=C2)OCCO1)OCO3. The molecule has 5 heteroatoms. The summed E-state index contributed by atoms with van der Waals surface area (Å²) >= 11 is 0. The zero-order valence-electron chi connectivity index (χ0n) is 12.3. The molecule has 2 heterocycles. The van der Waals surface area contributed by atoms with E-state index in [0.29, 0.717) is 35.8 Å². The van der Waals surface area contributed by atoms with Crippen LogP contribution in [0.4, 0.5) is 0 Å². The molecule has 0 amide bonds. The van der Waals surface area contributed by atoms with Crippen LogP contribution in [0, 0.1) is 0 Å². The number of ether oxygens (including phenoxy) is 4. The summed E-state index contributed by atoms with van der Waals surface area (Å²) in [6.07, 6.45) is 7.59. The number of ketones is 1. The molecule has 0 bridgehead atoms. The average Bonchev–Trinajstić information content (AvgIpc) is 3.26. The third-order valence-corrected chi connectivity index (χ3v) is 4.87. The van der Waals surface area contributed by atoms with Gasteiger partial charge in [0.1, 0.15) is 0 Å². The normalized spacial score (nSPS) is 24.9. The Hall–Kier alpha value is -2.37. The molecule has 4 aliphatic rings. The van der Waals surface area contributed by atoms with Crippen LogP contribution in [0.2, 0.25) is 0 Å². The molecule has 0 aromatic heterocycles. The maximum atomic E-state index is 12.7. The number of Topliss-reactive ketones (excluding diaryl/α,β-unsaturated/α-hetero) is 1. The van der Waals surface area contributed by atoms with Gasteiger partial charge in [0, 0.05) is 11.1 Å². The monoisotopic (exact) mass is 310 g/mol. The molecule has 116 valence electrons. The second-order valence-corrected chi connectivity index (χ2v) is 6.01. The zero-order chi connectivity index (χ0) is 15.7. The Bertz CT molecular complexity index is 795. The van der Waals surface area contributed by atoms with Gasteiger partial charge >= 0.3 is 0 Å². The van der Waals surface area contributed by atoms with Crippen LogP contribution in [0.15, 0.2) is 48.6 Å². The van der Waals surface area contributed by atoms with Crippen molar-refractivity contribution in [3.05, 3.63) is 59.7 Å². The average molecular weight is 310 g/mol. The van der Waals surface area contributed by atoms with Gasteiger partial charge in [0.25, 0.3) is 0 Å². The second-order valence-electron chi connectivity index (χ2n) is 6.01. The molecule has 0 N–H and O–H groups in total. The third-order valence-electron chi connectivity index (χ3n) is 4.87. The standard InChI is InChI=1S/C18H14O5/c1-11-16(19)12-8-14-15(21-10-20-14)9-13(12)17(11)2-4-18(5-3-17)22-6-7-23-18/h2-5,8-9H,1,6-7,10H2. The lowest BCUT2D eigenvalue weighted by Crippen LogP contribution is -2.32. The first-order valence-electron chi connectivity index (χ1n) is 7.50. The Balaban J connectivity index is 1.67. The van der Waals surface area contributed by atoms with Crippen LogP contribution in [0.25, 0.3) is 0 Å². The van der Waals surface area contributed by atoms with Crippen molar-refractivity contribution < 1.29 is 23.7 Å². The summed E-state index contributed by atoms with van der Waals surface area (Å²) in [6, 6.07) is 3.62. The minimum Gasteiger partial charge on any atom is -0.454 e. The summed E-state index contributed by atoms with van der Waals surface area (Å²) in [5.74, 6) is 0.371. The smallest absolute Gasteiger partial charge is 0.231 e. The highest BCUT2D eigenvalue weighted by Crippen LogP contribution is 2.51. The zero-order valence-corrected chi connectivity index (χ0v) is 12.3. The highest BCUT2D eigenvalue weighted by Gasteiger charge is 2.48. The van der Waals surface area contributed by atoms with Crippen LogP contribution >= 0.6 is 0 Å². The molecule has 0 unspecified atom stereocenters. The Morgan fingerprint density at radius 2 is 1.61 bits per heavy atom. The molecule has 2 aliphatic carbocycles. The van der Waals surface area contributed by atoms with Crippen molar-refractivity contribution in [3.63, 3.8) is 0 Å².